The van der Waals surface area contributed by atoms with Gasteiger partial charge >= 0.3 is 6.09 Å². The van der Waals surface area contributed by atoms with Gasteiger partial charge in [0.2, 0.25) is 0 Å². The molecule has 226 valence electrons. The summed E-state index contributed by atoms with van der Waals surface area (Å²) in [7, 11) is 1.95. The van der Waals surface area contributed by atoms with Crippen molar-refractivity contribution in [3.8, 4) is 0 Å². The second-order valence-corrected chi connectivity index (χ2v) is 15.0. The molecule has 0 unspecified atom stereocenters. The Morgan fingerprint density at radius 3 is 2.74 bits per heavy atom. The van der Waals surface area contributed by atoms with Crippen molar-refractivity contribution in [1.29, 1.82) is 0 Å². The largest absolute Gasteiger partial charge is 0.445 e. The van der Waals surface area contributed by atoms with Gasteiger partial charge in [-0.1, -0.05) is 68.3 Å². The molecular weight excluding hydrogens is 520 g/mol. The first-order valence-corrected chi connectivity index (χ1v) is 16.7. The highest BCUT2D eigenvalue weighted by Gasteiger charge is 2.60. The summed E-state index contributed by atoms with van der Waals surface area (Å²) in [6.45, 7) is 10.7. The van der Waals surface area contributed by atoms with Gasteiger partial charge in [-0.25, -0.2) is 4.79 Å². The summed E-state index contributed by atoms with van der Waals surface area (Å²) < 4.78 is 13.1. The fourth-order valence-corrected chi connectivity index (χ4v) is 10.6. The Hall–Kier alpha value is -2.40. The Labute approximate surface area is 252 Å². The number of rotatable bonds is 2. The molecule has 2 aliphatic heterocycles. The van der Waals surface area contributed by atoms with E-state index in [0.29, 0.717) is 18.4 Å². The molecule has 4 aliphatic carbocycles. The lowest BCUT2D eigenvalue weighted by Crippen LogP contribution is -2.54. The number of amides is 1. The molecule has 0 N–H and O–H groups in total. The van der Waals surface area contributed by atoms with Gasteiger partial charge in [0, 0.05) is 25.2 Å². The van der Waals surface area contributed by atoms with Crippen molar-refractivity contribution in [2.75, 3.05) is 13.6 Å². The maximum absolute atomic E-state index is 13.5. The maximum atomic E-state index is 13.5. The highest BCUT2D eigenvalue weighted by molar-refractivity contribution is 5.96. The van der Waals surface area contributed by atoms with Crippen LogP contribution in [-0.4, -0.2) is 48.0 Å². The van der Waals surface area contributed by atoms with Gasteiger partial charge in [-0.3, -0.25) is 4.99 Å². The quantitative estimate of drug-likeness (QED) is 0.339. The smallest absolute Gasteiger partial charge is 0.410 e. The number of likely N-dealkylation sites (tertiary alicyclic amines) is 1. The Morgan fingerprint density at radius 2 is 1.95 bits per heavy atom. The first-order chi connectivity index (χ1) is 20.2. The summed E-state index contributed by atoms with van der Waals surface area (Å²) in [5.41, 5.74) is 5.75. The van der Waals surface area contributed by atoms with Crippen molar-refractivity contribution in [3.63, 3.8) is 0 Å². The molecule has 0 aromatic heterocycles. The number of carbonyl (C=O) groups is 1. The SMILES string of the molecule is CN=C1C=C[C@@]2(C)[C@H](CC[C@H]3[C@@H]4CC[C@@]5(CC(C)=C4C[C@@H]32)O[C@@H]2C[C@H](C)CN(C(=O)OCc3ccccc3)[C@H]2[C@H]5C)C1. The predicted molar refractivity (Wildman–Crippen MR) is 167 cm³/mol. The Bertz CT molecular complexity index is 1300. The fourth-order valence-electron chi connectivity index (χ4n) is 10.6. The van der Waals surface area contributed by atoms with Crippen LogP contribution in [0, 0.1) is 40.9 Å². The topological polar surface area (TPSA) is 51.1 Å². The molecule has 6 aliphatic rings. The number of hydrogen-bond donors (Lipinski definition) is 0. The van der Waals surface area contributed by atoms with Crippen molar-refractivity contribution in [2.24, 2.45) is 45.9 Å². The predicted octanol–water partition coefficient (Wildman–Crippen LogP) is 8.01. The molecule has 10 atom stereocenters. The zero-order chi connectivity index (χ0) is 29.2. The van der Waals surface area contributed by atoms with Crippen LogP contribution in [0.25, 0.3) is 0 Å². The van der Waals surface area contributed by atoms with E-state index in [1.807, 2.05) is 42.3 Å². The average molecular weight is 571 g/mol. The number of fused-ring (bicyclic) bond motifs is 6. The summed E-state index contributed by atoms with van der Waals surface area (Å²) in [6, 6.07) is 10.1. The van der Waals surface area contributed by atoms with Gasteiger partial charge in [0.1, 0.15) is 6.61 Å². The summed E-state index contributed by atoms with van der Waals surface area (Å²) in [4.78, 5) is 20.1. The maximum Gasteiger partial charge on any atom is 0.410 e. The zero-order valence-corrected chi connectivity index (χ0v) is 26.4. The summed E-state index contributed by atoms with van der Waals surface area (Å²) >= 11 is 0. The first-order valence-electron chi connectivity index (χ1n) is 16.7. The number of aliphatic imine (C=N–C) groups is 1. The Balaban J connectivity index is 1.12. The monoisotopic (exact) mass is 570 g/mol. The molecule has 1 amide bonds. The molecule has 5 nitrogen and oxygen atoms in total. The highest BCUT2D eigenvalue weighted by Crippen LogP contribution is 2.64. The molecule has 2 heterocycles. The number of nitrogens with zero attached hydrogens (tertiary/aromatic N) is 2. The van der Waals surface area contributed by atoms with E-state index in [1.54, 1.807) is 11.1 Å². The molecule has 2 saturated carbocycles. The second-order valence-electron chi connectivity index (χ2n) is 15.0. The van der Waals surface area contributed by atoms with E-state index in [0.717, 1.165) is 55.5 Å². The summed E-state index contributed by atoms with van der Waals surface area (Å²) in [6.07, 6.45) is 14.2. The van der Waals surface area contributed by atoms with E-state index < -0.39 is 0 Å². The lowest BCUT2D eigenvalue weighted by Gasteiger charge is -2.50. The van der Waals surface area contributed by atoms with E-state index in [4.69, 9.17) is 9.47 Å². The fraction of sp³-hybridized carbons (Fsp3) is 0.676. The van der Waals surface area contributed by atoms with E-state index in [-0.39, 0.29) is 35.2 Å². The molecule has 1 aromatic carbocycles. The molecule has 7 rings (SSSR count). The van der Waals surface area contributed by atoms with Gasteiger partial charge in [-0.2, -0.15) is 0 Å². The van der Waals surface area contributed by atoms with Crippen LogP contribution in [0.2, 0.25) is 0 Å². The third-order valence-corrected chi connectivity index (χ3v) is 12.9. The molecule has 0 radical (unpaired) electrons. The van der Waals surface area contributed by atoms with Crippen molar-refractivity contribution in [3.05, 3.63) is 59.2 Å². The number of carbonyl (C=O) groups excluding carboxylic acids is 1. The third kappa shape index (κ3) is 4.52. The number of allylic oxidation sites excluding steroid dienone is 3. The number of ether oxygens (including phenoxy) is 2. The Morgan fingerprint density at radius 1 is 1.14 bits per heavy atom. The van der Waals surface area contributed by atoms with Crippen LogP contribution >= 0.6 is 0 Å². The Kier molecular flexibility index (Phi) is 7.19. The van der Waals surface area contributed by atoms with E-state index in [9.17, 15) is 4.79 Å². The minimum absolute atomic E-state index is 0.0871. The van der Waals surface area contributed by atoms with E-state index in [2.05, 4.69) is 44.8 Å². The molecular formula is C37H50N2O3. The van der Waals surface area contributed by atoms with Gasteiger partial charge in [-0.15, -0.1) is 0 Å². The second kappa shape index (κ2) is 10.6. The van der Waals surface area contributed by atoms with E-state index in [1.165, 1.54) is 31.4 Å². The van der Waals surface area contributed by atoms with Gasteiger partial charge < -0.3 is 14.4 Å². The number of piperidine rings is 1. The van der Waals surface area contributed by atoms with Crippen LogP contribution in [0.4, 0.5) is 4.79 Å². The standard InChI is InChI=1S/C37H50N2O3/c1-23-17-33-34(39(21-23)35(40)41-22-26-9-7-6-8-10-26)25(3)37(42-33)16-14-29-30-12-11-27-18-28(38-5)13-15-36(27,4)32(30)19-31(29)24(2)20-37/h6-10,13,15,23,25,27,29-30,32-34H,11-12,14,16-22H2,1-5H3/t23-,25+,27+,29-,30-,32-,33+,34-,36-,37-/m0/s1. The molecule has 5 heteroatoms. The number of hydrogen-bond acceptors (Lipinski definition) is 4. The van der Waals surface area contributed by atoms with Gasteiger partial charge in [0.05, 0.1) is 17.7 Å². The zero-order valence-electron chi connectivity index (χ0n) is 26.4. The van der Waals surface area contributed by atoms with Crippen molar-refractivity contribution < 1.29 is 14.3 Å². The molecule has 42 heavy (non-hydrogen) atoms. The minimum Gasteiger partial charge on any atom is -0.445 e. The van der Waals surface area contributed by atoms with Crippen molar-refractivity contribution in [1.82, 2.24) is 4.90 Å². The average Bonchev–Trinajstić information content (AvgIpc) is 3.45. The van der Waals surface area contributed by atoms with Crippen LogP contribution < -0.4 is 0 Å². The van der Waals surface area contributed by atoms with Crippen LogP contribution in [-0.2, 0) is 16.1 Å². The van der Waals surface area contributed by atoms with E-state index >= 15 is 0 Å². The van der Waals surface area contributed by atoms with Crippen LogP contribution in [0.1, 0.15) is 84.6 Å². The van der Waals surface area contributed by atoms with Crippen LogP contribution in [0.5, 0.6) is 0 Å². The lowest BCUT2D eigenvalue weighted by molar-refractivity contribution is -0.0788. The minimum atomic E-state index is -0.188. The van der Waals surface area contributed by atoms with Crippen molar-refractivity contribution >= 4 is 11.8 Å². The summed E-state index contributed by atoms with van der Waals surface area (Å²) in [5, 5.41) is 0. The van der Waals surface area contributed by atoms with Crippen molar-refractivity contribution in [2.45, 2.75) is 103 Å². The molecule has 1 spiro atoms. The number of benzene rings is 1. The first kappa shape index (κ1) is 28.4. The van der Waals surface area contributed by atoms with Crippen LogP contribution in [0.3, 0.4) is 0 Å². The molecule has 2 saturated heterocycles. The third-order valence-electron chi connectivity index (χ3n) is 12.9. The normalized spacial score (nSPS) is 43.5. The molecule has 0 bridgehead atoms. The molecule has 4 fully saturated rings. The van der Waals surface area contributed by atoms with Gasteiger partial charge in [0.15, 0.2) is 0 Å². The van der Waals surface area contributed by atoms with Crippen LogP contribution in [0.15, 0.2) is 58.6 Å². The van der Waals surface area contributed by atoms with Gasteiger partial charge in [0.25, 0.3) is 0 Å². The summed E-state index contributed by atoms with van der Waals surface area (Å²) in [5.74, 6) is 3.63. The van der Waals surface area contributed by atoms with Gasteiger partial charge in [-0.05, 0) is 105 Å². The molecule has 1 aromatic rings. The lowest BCUT2D eigenvalue weighted by atomic mass is 9.54. The highest BCUT2D eigenvalue weighted by atomic mass is 16.6.